The Morgan fingerprint density at radius 3 is 1.33 bits per heavy atom. The van der Waals surface area contributed by atoms with E-state index in [2.05, 4.69) is 37.6 Å². The average molecular weight is 599 g/mol. The Bertz CT molecular complexity index is 1120. The number of alkyl carbamates (subject to hydrolysis) is 2. The van der Waals surface area contributed by atoms with Crippen molar-refractivity contribution < 1.29 is 47.6 Å². The molecule has 12 heteroatoms. The third kappa shape index (κ3) is 13.0. The number of ether oxygens (including phenoxy) is 6. The lowest BCUT2D eigenvalue weighted by Crippen LogP contribution is -2.29. The molecule has 2 aromatic carbocycles. The van der Waals surface area contributed by atoms with Crippen LogP contribution in [0.1, 0.15) is 25.0 Å². The molecule has 232 valence electrons. The number of hydrogen-bond donors (Lipinski definition) is 2. The van der Waals surface area contributed by atoms with E-state index in [0.717, 1.165) is 23.3 Å². The molecule has 0 spiro atoms. The smallest absolute Gasteiger partial charge is 0.407 e. The summed E-state index contributed by atoms with van der Waals surface area (Å²) in [5.41, 5.74) is 1.83. The number of benzene rings is 2. The summed E-state index contributed by atoms with van der Waals surface area (Å²) in [4.78, 5) is 45.2. The normalized spacial score (nSPS) is 10.5. The fourth-order valence-electron chi connectivity index (χ4n) is 3.52. The summed E-state index contributed by atoms with van der Waals surface area (Å²) in [6.45, 7) is 11.5. The van der Waals surface area contributed by atoms with Crippen LogP contribution in [-0.4, -0.2) is 76.9 Å². The van der Waals surface area contributed by atoms with Gasteiger partial charge in [-0.2, -0.15) is 0 Å². The van der Waals surface area contributed by atoms with Gasteiger partial charge in [-0.15, -0.1) is 0 Å². The predicted octanol–water partition coefficient (Wildman–Crippen LogP) is 3.68. The molecule has 2 rings (SSSR count). The highest BCUT2D eigenvalue weighted by atomic mass is 16.6. The van der Waals surface area contributed by atoms with Crippen LogP contribution in [0.15, 0.2) is 73.8 Å². The molecule has 0 bridgehead atoms. The third-order valence-corrected chi connectivity index (χ3v) is 5.89. The molecule has 0 atom stereocenters. The topological polar surface area (TPSA) is 148 Å². The second kappa shape index (κ2) is 18.4. The van der Waals surface area contributed by atoms with E-state index in [1.165, 1.54) is 0 Å². The molecule has 0 aromatic heterocycles. The number of rotatable bonds is 18. The van der Waals surface area contributed by atoms with E-state index in [4.69, 9.17) is 28.4 Å². The van der Waals surface area contributed by atoms with Gasteiger partial charge in [0.1, 0.15) is 51.1 Å². The molecule has 2 aromatic rings. The van der Waals surface area contributed by atoms with E-state index >= 15 is 0 Å². The van der Waals surface area contributed by atoms with Crippen LogP contribution < -0.4 is 20.1 Å². The molecule has 0 unspecified atom stereocenters. The van der Waals surface area contributed by atoms with Gasteiger partial charge in [-0.3, -0.25) is 0 Å². The minimum absolute atomic E-state index is 0.0229. The summed E-state index contributed by atoms with van der Waals surface area (Å²) >= 11 is 0. The van der Waals surface area contributed by atoms with E-state index in [-0.39, 0.29) is 58.1 Å². The molecule has 2 N–H and O–H groups in total. The van der Waals surface area contributed by atoms with E-state index in [0.29, 0.717) is 11.5 Å². The van der Waals surface area contributed by atoms with E-state index in [1.807, 2.05) is 48.5 Å². The predicted molar refractivity (Wildman–Crippen MR) is 157 cm³/mol. The van der Waals surface area contributed by atoms with Gasteiger partial charge in [0.25, 0.3) is 0 Å². The lowest BCUT2D eigenvalue weighted by molar-refractivity contribution is -0.138. The highest BCUT2D eigenvalue weighted by molar-refractivity contribution is 5.81. The molecule has 0 saturated heterocycles. The molecular weight excluding hydrogens is 560 g/mol. The van der Waals surface area contributed by atoms with Crippen molar-refractivity contribution in [3.05, 3.63) is 85.0 Å². The van der Waals surface area contributed by atoms with E-state index < -0.39 is 24.1 Å². The summed E-state index contributed by atoms with van der Waals surface area (Å²) in [5, 5.41) is 4.92. The Balaban J connectivity index is 1.69. The maximum Gasteiger partial charge on any atom is 0.407 e. The number of amides is 2. The lowest BCUT2D eigenvalue weighted by Gasteiger charge is -2.26. The van der Waals surface area contributed by atoms with Crippen molar-refractivity contribution in [3.63, 3.8) is 0 Å². The summed E-state index contributed by atoms with van der Waals surface area (Å²) in [6.07, 6.45) is 0.818. The largest absolute Gasteiger partial charge is 0.490 e. The van der Waals surface area contributed by atoms with Gasteiger partial charge in [0.2, 0.25) is 0 Å². The summed E-state index contributed by atoms with van der Waals surface area (Å²) in [7, 11) is 0. The summed E-state index contributed by atoms with van der Waals surface area (Å²) in [6, 6.07) is 15.3. The van der Waals surface area contributed by atoms with Crippen LogP contribution in [0.4, 0.5) is 9.59 Å². The van der Waals surface area contributed by atoms with Crippen LogP contribution >= 0.6 is 0 Å². The Labute approximate surface area is 250 Å². The van der Waals surface area contributed by atoms with Crippen molar-refractivity contribution in [1.82, 2.24) is 10.6 Å². The van der Waals surface area contributed by atoms with E-state index in [1.54, 1.807) is 0 Å². The zero-order chi connectivity index (χ0) is 31.5. The lowest BCUT2D eigenvalue weighted by atomic mass is 9.78. The van der Waals surface area contributed by atoms with Crippen LogP contribution in [0.5, 0.6) is 11.5 Å². The Hall–Kier alpha value is -5.00. The Morgan fingerprint density at radius 1 is 0.605 bits per heavy atom. The molecule has 0 heterocycles. The van der Waals surface area contributed by atoms with Gasteiger partial charge in [-0.25, -0.2) is 19.2 Å². The first-order valence-electron chi connectivity index (χ1n) is 13.5. The molecular formula is C31H38N2O10. The van der Waals surface area contributed by atoms with Gasteiger partial charge in [0, 0.05) is 17.6 Å². The number of carbonyl (C=O) groups is 4. The minimum atomic E-state index is -0.634. The van der Waals surface area contributed by atoms with Gasteiger partial charge in [0.05, 0.1) is 13.1 Å². The molecule has 43 heavy (non-hydrogen) atoms. The number of nitrogens with one attached hydrogen (secondary N) is 2. The number of carbonyl (C=O) groups excluding carboxylic acids is 4. The van der Waals surface area contributed by atoms with Gasteiger partial charge >= 0.3 is 24.1 Å². The zero-order valence-corrected chi connectivity index (χ0v) is 24.4. The second-order valence-electron chi connectivity index (χ2n) is 9.24. The molecule has 0 aliphatic rings. The fraction of sp³-hybridized carbons (Fsp3) is 0.355. The van der Waals surface area contributed by atoms with Crippen LogP contribution in [0.2, 0.25) is 0 Å². The Morgan fingerprint density at radius 2 is 0.977 bits per heavy atom. The van der Waals surface area contributed by atoms with Crippen molar-refractivity contribution in [2.24, 2.45) is 0 Å². The van der Waals surface area contributed by atoms with Gasteiger partial charge in [0.15, 0.2) is 0 Å². The van der Waals surface area contributed by atoms with Gasteiger partial charge < -0.3 is 39.1 Å². The average Bonchev–Trinajstić information content (AvgIpc) is 3.02. The minimum Gasteiger partial charge on any atom is -0.490 e. The molecule has 0 aliphatic carbocycles. The van der Waals surface area contributed by atoms with Crippen LogP contribution in [0.3, 0.4) is 0 Å². The van der Waals surface area contributed by atoms with E-state index in [9.17, 15) is 19.2 Å². The number of esters is 2. The van der Waals surface area contributed by atoms with Crippen molar-refractivity contribution in [1.29, 1.82) is 0 Å². The first-order chi connectivity index (χ1) is 20.6. The van der Waals surface area contributed by atoms with Crippen molar-refractivity contribution in [2.45, 2.75) is 19.3 Å². The van der Waals surface area contributed by atoms with Crippen LogP contribution in [0, 0.1) is 0 Å². The molecule has 0 aliphatic heterocycles. The summed E-state index contributed by atoms with van der Waals surface area (Å²) in [5.74, 6) is 0.147. The van der Waals surface area contributed by atoms with Gasteiger partial charge in [-0.05, 0) is 35.4 Å². The molecule has 12 nitrogen and oxygen atoms in total. The second-order valence-corrected chi connectivity index (χ2v) is 9.24. The molecule has 0 radical (unpaired) electrons. The maximum atomic E-state index is 11.6. The number of hydrogen-bond acceptors (Lipinski definition) is 10. The molecule has 0 saturated carbocycles. The van der Waals surface area contributed by atoms with Gasteiger partial charge in [-0.1, -0.05) is 51.3 Å². The maximum absolute atomic E-state index is 11.6. The van der Waals surface area contributed by atoms with Crippen LogP contribution in [0.25, 0.3) is 0 Å². The first kappa shape index (κ1) is 34.2. The molecule has 0 fully saturated rings. The van der Waals surface area contributed by atoms with Crippen LogP contribution in [-0.2, 0) is 34.0 Å². The van der Waals surface area contributed by atoms with Crippen molar-refractivity contribution in [2.75, 3.05) is 52.7 Å². The van der Waals surface area contributed by atoms with Crippen molar-refractivity contribution >= 4 is 24.1 Å². The monoisotopic (exact) mass is 598 g/mol. The highest BCUT2D eigenvalue weighted by Gasteiger charge is 2.23. The molecule has 2 amide bonds. The first-order valence-corrected chi connectivity index (χ1v) is 13.5. The third-order valence-electron chi connectivity index (χ3n) is 5.89. The highest BCUT2D eigenvalue weighted by Crippen LogP contribution is 2.33. The summed E-state index contributed by atoms with van der Waals surface area (Å²) < 4.78 is 30.9. The fourth-order valence-corrected chi connectivity index (χ4v) is 3.52. The Kier molecular flexibility index (Phi) is 14.7. The quantitative estimate of drug-likeness (QED) is 0.113. The standard InChI is InChI=1S/C31H38N2O10/c1-5-27(34)40-17-15-32-29(36)42-21-19-38-25-11-7-23(8-12-25)31(3,4)24-9-13-26(14-10-24)39-20-22-43-30(37)33-16-18-41-28(35)6-2/h5-14H,1-2,15-22H2,3-4H3,(H,32,36)(H,33,37). The SMILES string of the molecule is C=CC(=O)OCCNC(=O)OCCOc1ccc(C(C)(C)c2ccc(OCCOC(=O)NCCOC(=O)C=C)cc2)cc1. The van der Waals surface area contributed by atoms with Crippen molar-refractivity contribution in [3.8, 4) is 11.5 Å². The zero-order valence-electron chi connectivity index (χ0n) is 24.4.